The molecule has 1 aromatic rings. The normalized spacial score (nSPS) is 9.47. The number of oxime groups is 1. The van der Waals surface area contributed by atoms with Gasteiger partial charge in [-0.15, -0.1) is 12.4 Å². The van der Waals surface area contributed by atoms with E-state index >= 15 is 0 Å². The number of carbonyl (C=O) groups excluding carboxylic acids is 1. The molecule has 0 fully saturated rings. The maximum atomic E-state index is 12.7. The fraction of sp³-hybridized carbons (Fsp3) is 0. The van der Waals surface area contributed by atoms with Crippen molar-refractivity contribution in [2.45, 2.75) is 0 Å². The van der Waals surface area contributed by atoms with E-state index in [1.807, 2.05) is 0 Å². The minimum Gasteiger partial charge on any atom is -0.367 e. The summed E-state index contributed by atoms with van der Waals surface area (Å²) in [5.41, 5.74) is 10.4. The van der Waals surface area contributed by atoms with Crippen LogP contribution in [0.3, 0.4) is 0 Å². The van der Waals surface area contributed by atoms with E-state index < -0.39 is 5.97 Å². The highest BCUT2D eigenvalue weighted by Crippen LogP contribution is 2.05. The fourth-order valence-corrected chi connectivity index (χ4v) is 0.903. The van der Waals surface area contributed by atoms with Crippen LogP contribution in [0, 0.1) is 5.82 Å². The molecule has 0 aromatic heterocycles. The standard InChI is InChI=1S/C10H10FN3O2.ClH/c11-8-3-1-2-7(6-8)4-5-9(15)16-14-10(12)13;/h1-6H,(H4,12,13,14);1H/b5-4+;. The van der Waals surface area contributed by atoms with Crippen molar-refractivity contribution in [2.75, 3.05) is 0 Å². The lowest BCUT2D eigenvalue weighted by molar-refractivity contribution is -0.137. The number of rotatable bonds is 3. The van der Waals surface area contributed by atoms with E-state index in [2.05, 4.69) is 9.99 Å². The highest BCUT2D eigenvalue weighted by Gasteiger charge is 1.96. The molecule has 5 nitrogen and oxygen atoms in total. The van der Waals surface area contributed by atoms with Gasteiger partial charge in [-0.25, -0.2) is 9.18 Å². The highest BCUT2D eigenvalue weighted by molar-refractivity contribution is 5.87. The Morgan fingerprint density at radius 3 is 2.71 bits per heavy atom. The van der Waals surface area contributed by atoms with Crippen molar-refractivity contribution < 1.29 is 14.0 Å². The topological polar surface area (TPSA) is 90.7 Å². The minimum atomic E-state index is -0.752. The van der Waals surface area contributed by atoms with E-state index in [0.29, 0.717) is 5.56 Å². The molecule has 17 heavy (non-hydrogen) atoms. The van der Waals surface area contributed by atoms with Gasteiger partial charge in [-0.05, 0) is 28.9 Å². The first-order valence-corrected chi connectivity index (χ1v) is 4.31. The lowest BCUT2D eigenvalue weighted by Gasteiger charge is -1.93. The van der Waals surface area contributed by atoms with Gasteiger partial charge in [-0.2, -0.15) is 0 Å². The molecule has 1 rings (SSSR count). The van der Waals surface area contributed by atoms with Crippen molar-refractivity contribution in [1.82, 2.24) is 0 Å². The first kappa shape index (κ1) is 14.9. The molecule has 0 spiro atoms. The van der Waals surface area contributed by atoms with Gasteiger partial charge < -0.3 is 16.3 Å². The molecule has 0 aliphatic heterocycles. The molecule has 0 amide bonds. The van der Waals surface area contributed by atoms with E-state index in [0.717, 1.165) is 6.08 Å². The number of benzene rings is 1. The molecule has 0 atom stereocenters. The van der Waals surface area contributed by atoms with Gasteiger partial charge in [-0.1, -0.05) is 12.1 Å². The van der Waals surface area contributed by atoms with Crippen LogP contribution in [-0.4, -0.2) is 11.9 Å². The average Bonchev–Trinajstić information content (AvgIpc) is 2.23. The molecular formula is C10H11ClFN3O2. The quantitative estimate of drug-likeness (QED) is 0.278. The first-order valence-electron chi connectivity index (χ1n) is 4.31. The summed E-state index contributed by atoms with van der Waals surface area (Å²) in [5.74, 6) is -1.50. The Bertz CT molecular complexity index is 445. The number of halogens is 2. The van der Waals surface area contributed by atoms with Crippen LogP contribution in [0.4, 0.5) is 4.39 Å². The summed E-state index contributed by atoms with van der Waals surface area (Å²) in [6, 6.07) is 5.73. The largest absolute Gasteiger partial charge is 0.367 e. The number of guanidine groups is 1. The summed E-state index contributed by atoms with van der Waals surface area (Å²) < 4.78 is 12.7. The van der Waals surface area contributed by atoms with E-state index in [-0.39, 0.29) is 24.2 Å². The second-order valence-corrected chi connectivity index (χ2v) is 2.81. The smallest absolute Gasteiger partial charge is 0.358 e. The fourth-order valence-electron chi connectivity index (χ4n) is 0.903. The Kier molecular flexibility index (Phi) is 6.35. The van der Waals surface area contributed by atoms with Crippen molar-refractivity contribution >= 4 is 30.4 Å². The maximum absolute atomic E-state index is 12.7. The molecular weight excluding hydrogens is 249 g/mol. The molecule has 0 aliphatic carbocycles. The predicted molar refractivity (Wildman–Crippen MR) is 64.6 cm³/mol. The Hall–Kier alpha value is -2.08. The number of hydrogen-bond donors (Lipinski definition) is 2. The maximum Gasteiger partial charge on any atom is 0.358 e. The molecule has 4 N–H and O–H groups in total. The van der Waals surface area contributed by atoms with Crippen molar-refractivity contribution in [3.05, 3.63) is 41.7 Å². The van der Waals surface area contributed by atoms with Crippen LogP contribution in [0.5, 0.6) is 0 Å². The predicted octanol–water partition coefficient (Wildman–Crippen LogP) is 0.992. The number of carbonyl (C=O) groups is 1. The van der Waals surface area contributed by atoms with Gasteiger partial charge in [0.2, 0.25) is 5.96 Å². The SMILES string of the molecule is Cl.NC(N)=NOC(=O)/C=C/c1cccc(F)c1. The molecule has 0 radical (unpaired) electrons. The van der Waals surface area contributed by atoms with Gasteiger partial charge in [0, 0.05) is 6.08 Å². The van der Waals surface area contributed by atoms with Crippen molar-refractivity contribution in [2.24, 2.45) is 16.6 Å². The van der Waals surface area contributed by atoms with Gasteiger partial charge in [-0.3, -0.25) is 0 Å². The van der Waals surface area contributed by atoms with Crippen LogP contribution in [0.1, 0.15) is 5.56 Å². The zero-order valence-corrected chi connectivity index (χ0v) is 9.49. The Morgan fingerprint density at radius 2 is 2.12 bits per heavy atom. The van der Waals surface area contributed by atoms with Crippen molar-refractivity contribution in [1.29, 1.82) is 0 Å². The van der Waals surface area contributed by atoms with Gasteiger partial charge >= 0.3 is 5.97 Å². The van der Waals surface area contributed by atoms with E-state index in [1.54, 1.807) is 6.07 Å². The minimum absolute atomic E-state index is 0. The summed E-state index contributed by atoms with van der Waals surface area (Å²) in [4.78, 5) is 15.3. The summed E-state index contributed by atoms with van der Waals surface area (Å²) in [7, 11) is 0. The van der Waals surface area contributed by atoms with Crippen molar-refractivity contribution in [3.63, 3.8) is 0 Å². The Morgan fingerprint density at radius 1 is 1.41 bits per heavy atom. The second kappa shape index (κ2) is 7.24. The van der Waals surface area contributed by atoms with Gasteiger partial charge in [0.05, 0.1) is 0 Å². The Labute approximate surface area is 103 Å². The zero-order valence-electron chi connectivity index (χ0n) is 8.67. The molecule has 0 saturated carbocycles. The lowest BCUT2D eigenvalue weighted by Crippen LogP contribution is -2.23. The summed E-state index contributed by atoms with van der Waals surface area (Å²) in [6.07, 6.45) is 2.47. The van der Waals surface area contributed by atoms with E-state index in [9.17, 15) is 9.18 Å². The van der Waals surface area contributed by atoms with Gasteiger partial charge in [0.15, 0.2) is 0 Å². The monoisotopic (exact) mass is 259 g/mol. The van der Waals surface area contributed by atoms with Crippen LogP contribution >= 0.6 is 12.4 Å². The molecule has 0 heterocycles. The van der Waals surface area contributed by atoms with Crippen LogP contribution in [0.15, 0.2) is 35.5 Å². The highest BCUT2D eigenvalue weighted by atomic mass is 35.5. The zero-order chi connectivity index (χ0) is 12.0. The molecule has 1 aromatic carbocycles. The Balaban J connectivity index is 0.00000256. The second-order valence-electron chi connectivity index (χ2n) is 2.81. The summed E-state index contributed by atoms with van der Waals surface area (Å²) in [5, 5.41) is 3.05. The number of nitrogens with two attached hydrogens (primary N) is 2. The van der Waals surface area contributed by atoms with Crippen LogP contribution < -0.4 is 11.5 Å². The van der Waals surface area contributed by atoms with E-state index in [1.165, 1.54) is 24.3 Å². The lowest BCUT2D eigenvalue weighted by atomic mass is 10.2. The first-order chi connectivity index (χ1) is 7.58. The third kappa shape index (κ3) is 6.16. The van der Waals surface area contributed by atoms with Gasteiger partial charge in [0.1, 0.15) is 5.82 Å². The average molecular weight is 260 g/mol. The van der Waals surface area contributed by atoms with E-state index in [4.69, 9.17) is 11.5 Å². The van der Waals surface area contributed by atoms with Crippen LogP contribution in [-0.2, 0) is 9.63 Å². The van der Waals surface area contributed by atoms with Crippen LogP contribution in [0.25, 0.3) is 6.08 Å². The number of nitrogens with zero attached hydrogens (tertiary/aromatic N) is 1. The molecule has 92 valence electrons. The molecule has 0 unspecified atom stereocenters. The van der Waals surface area contributed by atoms with Gasteiger partial charge in [0.25, 0.3) is 0 Å². The molecule has 7 heteroatoms. The molecule has 0 saturated heterocycles. The van der Waals surface area contributed by atoms with Crippen LogP contribution in [0.2, 0.25) is 0 Å². The molecule has 0 aliphatic rings. The number of hydrogen-bond acceptors (Lipinski definition) is 3. The van der Waals surface area contributed by atoms with Crippen molar-refractivity contribution in [3.8, 4) is 0 Å². The summed E-state index contributed by atoms with van der Waals surface area (Å²) in [6.45, 7) is 0. The third-order valence-corrected chi connectivity index (χ3v) is 1.50. The summed E-state index contributed by atoms with van der Waals surface area (Å²) >= 11 is 0. The molecule has 0 bridgehead atoms. The third-order valence-electron chi connectivity index (χ3n) is 1.50.